The van der Waals surface area contributed by atoms with Crippen molar-refractivity contribution in [3.8, 4) is 5.88 Å². The molecule has 0 saturated heterocycles. The molecule has 82 valence electrons. The lowest BCUT2D eigenvalue weighted by Crippen LogP contribution is -2.23. The summed E-state index contributed by atoms with van der Waals surface area (Å²) >= 11 is 0. The number of nitrogens with zero attached hydrogens (tertiary/aromatic N) is 2. The Kier molecular flexibility index (Phi) is 2.62. The van der Waals surface area contributed by atoms with Crippen molar-refractivity contribution in [1.29, 1.82) is 0 Å². The van der Waals surface area contributed by atoms with Crippen LogP contribution >= 0.6 is 0 Å². The van der Waals surface area contributed by atoms with Crippen LogP contribution in [0.1, 0.15) is 24.3 Å². The highest BCUT2D eigenvalue weighted by molar-refractivity contribution is 5.87. The molecule has 1 atom stereocenters. The van der Waals surface area contributed by atoms with Gasteiger partial charge in [0, 0.05) is 12.0 Å². The molecule has 0 fully saturated rings. The Morgan fingerprint density at radius 1 is 1.80 bits per heavy atom. The summed E-state index contributed by atoms with van der Waals surface area (Å²) in [5.74, 6) is 0.680. The van der Waals surface area contributed by atoms with E-state index in [0.717, 1.165) is 6.54 Å². The summed E-state index contributed by atoms with van der Waals surface area (Å²) in [6.45, 7) is 5.67. The van der Waals surface area contributed by atoms with E-state index in [1.807, 2.05) is 0 Å². The molecule has 0 aromatic carbocycles. The van der Waals surface area contributed by atoms with E-state index in [4.69, 9.17) is 9.47 Å². The number of ether oxygens (including phenoxy) is 2. The Morgan fingerprint density at radius 3 is 3.33 bits per heavy atom. The number of carbonyl (C=O) groups is 1. The molecular formula is C10H14N2O3. The van der Waals surface area contributed by atoms with Crippen LogP contribution in [-0.4, -0.2) is 29.0 Å². The number of esters is 1. The van der Waals surface area contributed by atoms with Gasteiger partial charge in [0.05, 0.1) is 19.8 Å². The second-order valence-electron chi connectivity index (χ2n) is 3.69. The minimum absolute atomic E-state index is 0.320. The topological polar surface area (TPSA) is 53.4 Å². The van der Waals surface area contributed by atoms with Crippen LogP contribution < -0.4 is 4.74 Å². The molecule has 5 heteroatoms. The Morgan fingerprint density at radius 2 is 2.60 bits per heavy atom. The smallest absolute Gasteiger partial charge is 0.358 e. The maximum absolute atomic E-state index is 11.4. The molecule has 0 radical (unpaired) electrons. The normalized spacial score (nSPS) is 19.2. The van der Waals surface area contributed by atoms with Gasteiger partial charge >= 0.3 is 5.97 Å². The van der Waals surface area contributed by atoms with Crippen molar-refractivity contribution < 1.29 is 14.3 Å². The van der Waals surface area contributed by atoms with E-state index in [0.29, 0.717) is 30.7 Å². The maximum Gasteiger partial charge on any atom is 0.358 e. The van der Waals surface area contributed by atoms with Gasteiger partial charge in [-0.15, -0.1) is 0 Å². The quantitative estimate of drug-likeness (QED) is 0.685. The van der Waals surface area contributed by atoms with Gasteiger partial charge in [-0.05, 0) is 6.92 Å². The molecular weight excluding hydrogens is 196 g/mol. The highest BCUT2D eigenvalue weighted by Gasteiger charge is 2.21. The number of fused-ring (bicyclic) bond motifs is 1. The molecule has 1 aliphatic heterocycles. The zero-order chi connectivity index (χ0) is 10.8. The highest BCUT2D eigenvalue weighted by Crippen LogP contribution is 2.21. The molecule has 0 spiro atoms. The number of hydrogen-bond acceptors (Lipinski definition) is 4. The van der Waals surface area contributed by atoms with Crippen LogP contribution in [0.15, 0.2) is 6.07 Å². The zero-order valence-electron chi connectivity index (χ0n) is 8.90. The molecule has 2 rings (SSSR count). The summed E-state index contributed by atoms with van der Waals surface area (Å²) in [4.78, 5) is 11.4. The van der Waals surface area contributed by atoms with Gasteiger partial charge in [0.15, 0.2) is 5.69 Å². The van der Waals surface area contributed by atoms with Gasteiger partial charge in [-0.25, -0.2) is 9.48 Å². The first kappa shape index (κ1) is 10.0. The van der Waals surface area contributed by atoms with Crippen molar-refractivity contribution >= 4 is 5.97 Å². The fourth-order valence-corrected chi connectivity index (χ4v) is 1.53. The lowest BCUT2D eigenvalue weighted by molar-refractivity contribution is 0.0518. The van der Waals surface area contributed by atoms with Crippen LogP contribution in [0.5, 0.6) is 5.88 Å². The maximum atomic E-state index is 11.4. The van der Waals surface area contributed by atoms with Gasteiger partial charge in [0.25, 0.3) is 0 Å². The first-order valence-corrected chi connectivity index (χ1v) is 5.08. The highest BCUT2D eigenvalue weighted by atomic mass is 16.5. The summed E-state index contributed by atoms with van der Waals surface area (Å²) in [6, 6.07) is 1.63. The van der Waals surface area contributed by atoms with E-state index < -0.39 is 5.97 Å². The van der Waals surface area contributed by atoms with Crippen LogP contribution in [0, 0.1) is 5.92 Å². The van der Waals surface area contributed by atoms with Crippen LogP contribution in [0.2, 0.25) is 0 Å². The van der Waals surface area contributed by atoms with Gasteiger partial charge in [0.2, 0.25) is 5.88 Å². The van der Waals surface area contributed by atoms with Crippen LogP contribution in [0.4, 0.5) is 0 Å². The van der Waals surface area contributed by atoms with Gasteiger partial charge in [0.1, 0.15) is 0 Å². The summed E-state index contributed by atoms with van der Waals surface area (Å²) in [7, 11) is 0. The zero-order valence-corrected chi connectivity index (χ0v) is 8.90. The first-order valence-electron chi connectivity index (χ1n) is 5.08. The third-order valence-corrected chi connectivity index (χ3v) is 2.23. The van der Waals surface area contributed by atoms with Gasteiger partial charge < -0.3 is 9.47 Å². The summed E-state index contributed by atoms with van der Waals surface area (Å²) in [5, 5.41) is 4.14. The van der Waals surface area contributed by atoms with Crippen molar-refractivity contribution in [2.24, 2.45) is 5.92 Å². The van der Waals surface area contributed by atoms with E-state index in [2.05, 4.69) is 12.0 Å². The number of carbonyl (C=O) groups excluding carboxylic acids is 1. The summed E-state index contributed by atoms with van der Waals surface area (Å²) in [6.07, 6.45) is 0. The Balaban J connectivity index is 2.19. The van der Waals surface area contributed by atoms with Crippen molar-refractivity contribution in [3.63, 3.8) is 0 Å². The number of rotatable bonds is 2. The van der Waals surface area contributed by atoms with Crippen LogP contribution in [0.25, 0.3) is 0 Å². The molecule has 0 saturated carbocycles. The lowest BCUT2D eigenvalue weighted by Gasteiger charge is -2.20. The molecule has 0 N–H and O–H groups in total. The molecule has 0 bridgehead atoms. The van der Waals surface area contributed by atoms with E-state index in [1.54, 1.807) is 17.7 Å². The molecule has 5 nitrogen and oxygen atoms in total. The molecule has 0 aliphatic carbocycles. The molecule has 1 aromatic heterocycles. The minimum atomic E-state index is -0.393. The van der Waals surface area contributed by atoms with Crippen LogP contribution in [0.3, 0.4) is 0 Å². The Bertz CT molecular complexity index is 373. The fourth-order valence-electron chi connectivity index (χ4n) is 1.53. The molecule has 15 heavy (non-hydrogen) atoms. The first-order chi connectivity index (χ1) is 7.20. The molecule has 0 unspecified atom stereocenters. The summed E-state index contributed by atoms with van der Waals surface area (Å²) in [5.41, 5.74) is 0.320. The predicted molar refractivity (Wildman–Crippen MR) is 52.8 cm³/mol. The predicted octanol–water partition coefficient (Wildman–Crippen LogP) is 1.09. The molecule has 0 amide bonds. The monoisotopic (exact) mass is 210 g/mol. The Hall–Kier alpha value is -1.52. The molecule has 1 aromatic rings. The second kappa shape index (κ2) is 3.92. The van der Waals surface area contributed by atoms with Gasteiger partial charge in [-0.1, -0.05) is 6.92 Å². The van der Waals surface area contributed by atoms with Crippen molar-refractivity contribution in [2.45, 2.75) is 20.4 Å². The standard InChI is InChI=1S/C10H14N2O3/c1-3-14-10(13)8-4-9-12(11-8)5-7(2)6-15-9/h4,7H,3,5-6H2,1-2H3/t7-/m1/s1. The van der Waals surface area contributed by atoms with Crippen molar-refractivity contribution in [3.05, 3.63) is 11.8 Å². The van der Waals surface area contributed by atoms with Crippen molar-refractivity contribution in [1.82, 2.24) is 9.78 Å². The van der Waals surface area contributed by atoms with E-state index in [-0.39, 0.29) is 0 Å². The molecule has 1 aliphatic rings. The third kappa shape index (κ3) is 1.95. The van der Waals surface area contributed by atoms with Crippen LogP contribution in [-0.2, 0) is 11.3 Å². The van der Waals surface area contributed by atoms with Gasteiger partial charge in [-0.2, -0.15) is 5.10 Å². The molecule has 2 heterocycles. The minimum Gasteiger partial charge on any atom is -0.477 e. The number of hydrogen-bond donors (Lipinski definition) is 0. The van der Waals surface area contributed by atoms with E-state index in [1.165, 1.54) is 0 Å². The van der Waals surface area contributed by atoms with E-state index in [9.17, 15) is 4.79 Å². The van der Waals surface area contributed by atoms with Gasteiger partial charge in [-0.3, -0.25) is 0 Å². The SMILES string of the molecule is CCOC(=O)c1cc2n(n1)C[C@@H](C)CO2. The lowest BCUT2D eigenvalue weighted by atomic mass is 10.2. The Labute approximate surface area is 88.0 Å². The average molecular weight is 210 g/mol. The average Bonchev–Trinajstić information content (AvgIpc) is 2.60. The largest absolute Gasteiger partial charge is 0.477 e. The van der Waals surface area contributed by atoms with Crippen molar-refractivity contribution in [2.75, 3.05) is 13.2 Å². The number of aromatic nitrogens is 2. The van der Waals surface area contributed by atoms with E-state index >= 15 is 0 Å². The fraction of sp³-hybridized carbons (Fsp3) is 0.600. The summed E-state index contributed by atoms with van der Waals surface area (Å²) < 4.78 is 12.0. The third-order valence-electron chi connectivity index (χ3n) is 2.23. The second-order valence-corrected chi connectivity index (χ2v) is 3.69.